The van der Waals surface area contributed by atoms with E-state index in [1.807, 2.05) is 0 Å². The molecule has 1 heterocycles. The SMILES string of the molecule is O=C(Nc1ccc(Cl)c(Cl)c1)O/N=C/c1cccnc1. The lowest BCUT2D eigenvalue weighted by Crippen LogP contribution is -2.10. The van der Waals surface area contributed by atoms with Crippen molar-refractivity contribution in [2.75, 3.05) is 5.32 Å². The van der Waals surface area contributed by atoms with Gasteiger partial charge in [-0.15, -0.1) is 0 Å². The second kappa shape index (κ2) is 6.88. The van der Waals surface area contributed by atoms with Crippen LogP contribution in [0.15, 0.2) is 47.9 Å². The van der Waals surface area contributed by atoms with Gasteiger partial charge in [0.1, 0.15) is 0 Å². The van der Waals surface area contributed by atoms with Gasteiger partial charge in [-0.25, -0.2) is 4.79 Å². The molecule has 0 saturated heterocycles. The molecule has 1 N–H and O–H groups in total. The van der Waals surface area contributed by atoms with Crippen molar-refractivity contribution < 1.29 is 9.63 Å². The predicted molar refractivity (Wildman–Crippen MR) is 78.4 cm³/mol. The van der Waals surface area contributed by atoms with E-state index < -0.39 is 6.09 Å². The topological polar surface area (TPSA) is 63.6 Å². The molecule has 0 saturated carbocycles. The highest BCUT2D eigenvalue weighted by Crippen LogP contribution is 2.24. The van der Waals surface area contributed by atoms with Gasteiger partial charge in [-0.1, -0.05) is 34.4 Å². The number of aromatic nitrogens is 1. The van der Waals surface area contributed by atoms with E-state index in [4.69, 9.17) is 23.2 Å². The maximum absolute atomic E-state index is 11.5. The zero-order valence-corrected chi connectivity index (χ0v) is 11.6. The molecule has 0 aliphatic rings. The average Bonchev–Trinajstić information content (AvgIpc) is 2.44. The lowest BCUT2D eigenvalue weighted by atomic mass is 10.3. The van der Waals surface area contributed by atoms with E-state index in [1.54, 1.807) is 36.7 Å². The number of oxime groups is 1. The normalized spacial score (nSPS) is 10.5. The molecular weight excluding hydrogens is 301 g/mol. The van der Waals surface area contributed by atoms with Crippen LogP contribution in [0, 0.1) is 0 Å². The lowest BCUT2D eigenvalue weighted by Gasteiger charge is -2.03. The minimum absolute atomic E-state index is 0.336. The number of pyridine rings is 1. The smallest absolute Gasteiger partial charge is 0.298 e. The van der Waals surface area contributed by atoms with Crippen molar-refractivity contribution in [1.29, 1.82) is 0 Å². The zero-order valence-electron chi connectivity index (χ0n) is 10.1. The number of carbonyl (C=O) groups is 1. The molecular formula is C13H9Cl2N3O2. The number of hydrogen-bond donors (Lipinski definition) is 1. The summed E-state index contributed by atoms with van der Waals surface area (Å²) in [5.74, 6) is 0. The van der Waals surface area contributed by atoms with Crippen LogP contribution in [0.1, 0.15) is 5.56 Å². The first-order valence-electron chi connectivity index (χ1n) is 5.51. The number of carbonyl (C=O) groups excluding carboxylic acids is 1. The second-order valence-electron chi connectivity index (χ2n) is 3.65. The Kier molecular flexibility index (Phi) is 4.92. The highest BCUT2D eigenvalue weighted by atomic mass is 35.5. The molecule has 0 unspecified atom stereocenters. The molecule has 1 aromatic heterocycles. The first-order valence-corrected chi connectivity index (χ1v) is 6.27. The predicted octanol–water partition coefficient (Wildman–Crippen LogP) is 3.97. The standard InChI is InChI=1S/C13H9Cl2N3O2/c14-11-4-3-10(6-12(11)15)18-13(19)20-17-8-9-2-1-5-16-7-9/h1-8H,(H,18,19)/b17-8+. The van der Waals surface area contributed by atoms with Crippen LogP contribution in [-0.4, -0.2) is 17.3 Å². The van der Waals surface area contributed by atoms with Crippen molar-refractivity contribution in [3.63, 3.8) is 0 Å². The molecule has 102 valence electrons. The zero-order chi connectivity index (χ0) is 14.4. The number of halogens is 2. The van der Waals surface area contributed by atoms with E-state index in [-0.39, 0.29) is 0 Å². The molecule has 2 aromatic rings. The Morgan fingerprint density at radius 3 is 2.85 bits per heavy atom. The van der Waals surface area contributed by atoms with Crippen molar-refractivity contribution in [1.82, 2.24) is 4.98 Å². The van der Waals surface area contributed by atoms with Crippen LogP contribution in [0.5, 0.6) is 0 Å². The Morgan fingerprint density at radius 2 is 2.15 bits per heavy atom. The molecule has 0 atom stereocenters. The van der Waals surface area contributed by atoms with Crippen LogP contribution in [0.4, 0.5) is 10.5 Å². The van der Waals surface area contributed by atoms with E-state index in [1.165, 1.54) is 12.3 Å². The van der Waals surface area contributed by atoms with Gasteiger partial charge in [0.25, 0.3) is 0 Å². The Hall–Kier alpha value is -2.11. The first-order chi connectivity index (χ1) is 9.65. The van der Waals surface area contributed by atoms with Gasteiger partial charge in [-0.3, -0.25) is 15.1 Å². The van der Waals surface area contributed by atoms with Crippen LogP contribution in [0.2, 0.25) is 10.0 Å². The summed E-state index contributed by atoms with van der Waals surface area (Å²) in [4.78, 5) is 20.0. The molecule has 0 fully saturated rings. The molecule has 0 aliphatic carbocycles. The summed E-state index contributed by atoms with van der Waals surface area (Å²) >= 11 is 11.6. The van der Waals surface area contributed by atoms with Crippen molar-refractivity contribution in [3.05, 3.63) is 58.3 Å². The van der Waals surface area contributed by atoms with Crippen LogP contribution < -0.4 is 5.32 Å². The minimum Gasteiger partial charge on any atom is -0.298 e. The molecule has 0 aliphatic heterocycles. The van der Waals surface area contributed by atoms with E-state index in [0.717, 1.165) is 5.56 Å². The fourth-order valence-corrected chi connectivity index (χ4v) is 1.60. The Bertz CT molecular complexity index is 633. The van der Waals surface area contributed by atoms with Crippen molar-refractivity contribution >= 4 is 41.2 Å². The van der Waals surface area contributed by atoms with Crippen LogP contribution in [0.25, 0.3) is 0 Å². The number of hydrogen-bond acceptors (Lipinski definition) is 4. The van der Waals surface area contributed by atoms with Gasteiger partial charge in [-0.05, 0) is 24.3 Å². The monoisotopic (exact) mass is 309 g/mol. The summed E-state index contributed by atoms with van der Waals surface area (Å²) < 4.78 is 0. The largest absolute Gasteiger partial charge is 0.437 e. The quantitative estimate of drug-likeness (QED) is 0.530. The second-order valence-corrected chi connectivity index (χ2v) is 4.47. The van der Waals surface area contributed by atoms with Crippen molar-refractivity contribution in [3.8, 4) is 0 Å². The highest BCUT2D eigenvalue weighted by Gasteiger charge is 2.04. The fourth-order valence-electron chi connectivity index (χ4n) is 1.30. The molecule has 2 rings (SSSR count). The van der Waals surface area contributed by atoms with E-state index in [9.17, 15) is 4.79 Å². The van der Waals surface area contributed by atoms with Gasteiger partial charge in [0.15, 0.2) is 0 Å². The van der Waals surface area contributed by atoms with E-state index in [2.05, 4.69) is 20.3 Å². The van der Waals surface area contributed by atoms with E-state index in [0.29, 0.717) is 15.7 Å². The fraction of sp³-hybridized carbons (Fsp3) is 0. The minimum atomic E-state index is -0.733. The highest BCUT2D eigenvalue weighted by molar-refractivity contribution is 6.42. The molecule has 5 nitrogen and oxygen atoms in total. The lowest BCUT2D eigenvalue weighted by molar-refractivity contribution is 0.167. The Labute approximate surface area is 125 Å². The average molecular weight is 310 g/mol. The number of nitrogens with one attached hydrogen (secondary N) is 1. The molecule has 0 bridgehead atoms. The van der Waals surface area contributed by atoms with Crippen LogP contribution in [-0.2, 0) is 4.84 Å². The number of rotatable bonds is 3. The van der Waals surface area contributed by atoms with Crippen molar-refractivity contribution in [2.45, 2.75) is 0 Å². The summed E-state index contributed by atoms with van der Waals surface area (Å²) in [6, 6.07) is 8.20. The third kappa shape index (κ3) is 4.22. The number of anilines is 1. The number of amides is 1. The van der Waals surface area contributed by atoms with Gasteiger partial charge in [0.2, 0.25) is 0 Å². The molecule has 20 heavy (non-hydrogen) atoms. The van der Waals surface area contributed by atoms with Gasteiger partial charge in [0.05, 0.1) is 16.3 Å². The molecule has 0 radical (unpaired) electrons. The first kappa shape index (κ1) is 14.3. The molecule has 7 heteroatoms. The Balaban J connectivity index is 1.89. The van der Waals surface area contributed by atoms with Gasteiger partial charge < -0.3 is 0 Å². The molecule has 1 aromatic carbocycles. The Morgan fingerprint density at radius 1 is 1.30 bits per heavy atom. The number of nitrogens with zero attached hydrogens (tertiary/aromatic N) is 2. The number of benzene rings is 1. The van der Waals surface area contributed by atoms with Crippen molar-refractivity contribution in [2.24, 2.45) is 5.16 Å². The van der Waals surface area contributed by atoms with Crippen LogP contribution >= 0.6 is 23.2 Å². The van der Waals surface area contributed by atoms with E-state index >= 15 is 0 Å². The van der Waals surface area contributed by atoms with Gasteiger partial charge in [-0.2, -0.15) is 0 Å². The van der Waals surface area contributed by atoms with Gasteiger partial charge in [0, 0.05) is 23.6 Å². The molecule has 1 amide bonds. The summed E-state index contributed by atoms with van der Waals surface area (Å²) in [6.45, 7) is 0. The summed E-state index contributed by atoms with van der Waals surface area (Å²) in [7, 11) is 0. The third-order valence-corrected chi connectivity index (χ3v) is 2.93. The summed E-state index contributed by atoms with van der Waals surface area (Å²) in [5, 5.41) is 6.74. The molecule has 0 spiro atoms. The summed E-state index contributed by atoms with van der Waals surface area (Å²) in [5.41, 5.74) is 1.18. The van der Waals surface area contributed by atoms with Gasteiger partial charge >= 0.3 is 6.09 Å². The maximum atomic E-state index is 11.5. The maximum Gasteiger partial charge on any atom is 0.437 e. The van der Waals surface area contributed by atoms with Crippen LogP contribution in [0.3, 0.4) is 0 Å². The third-order valence-electron chi connectivity index (χ3n) is 2.19. The summed E-state index contributed by atoms with van der Waals surface area (Å²) in [6.07, 6.45) is 3.86.